The summed E-state index contributed by atoms with van der Waals surface area (Å²) >= 11 is 1.36. The Kier molecular flexibility index (Phi) is 4.71. The summed E-state index contributed by atoms with van der Waals surface area (Å²) in [5, 5.41) is 13.1. The van der Waals surface area contributed by atoms with Crippen molar-refractivity contribution in [2.75, 3.05) is 25.5 Å². The first-order valence-electron chi connectivity index (χ1n) is 5.36. The van der Waals surface area contributed by atoms with Gasteiger partial charge in [0.05, 0.1) is 5.69 Å². The normalized spacial score (nSPS) is 10.8. The fourth-order valence-corrected chi connectivity index (χ4v) is 2.00. The Hall–Kier alpha value is -1.12. The number of rotatable bonds is 5. The number of aryl methyl sites for hydroxylation is 1. The van der Waals surface area contributed by atoms with Crippen molar-refractivity contribution < 1.29 is 0 Å². The molecule has 1 aromatic rings. The first-order chi connectivity index (χ1) is 7.56. The van der Waals surface area contributed by atoms with Crippen LogP contribution < -0.4 is 5.32 Å². The largest absolute Gasteiger partial charge is 0.373 e. The molecule has 0 radical (unpaired) electrons. The molecule has 0 amide bonds. The van der Waals surface area contributed by atoms with Crippen molar-refractivity contribution in [1.82, 2.24) is 9.27 Å². The summed E-state index contributed by atoms with van der Waals surface area (Å²) in [6, 6.07) is 2.72. The zero-order valence-corrected chi connectivity index (χ0v) is 11.1. The molecule has 0 spiro atoms. The molecule has 0 bridgehead atoms. The summed E-state index contributed by atoms with van der Waals surface area (Å²) in [4.78, 5) is 2.26. The van der Waals surface area contributed by atoms with E-state index >= 15 is 0 Å². The van der Waals surface area contributed by atoms with E-state index in [4.69, 9.17) is 5.26 Å². The molecule has 0 atom stereocenters. The Morgan fingerprint density at radius 1 is 1.56 bits per heavy atom. The van der Waals surface area contributed by atoms with Gasteiger partial charge in [0.15, 0.2) is 0 Å². The van der Waals surface area contributed by atoms with E-state index in [1.54, 1.807) is 0 Å². The summed E-state index contributed by atoms with van der Waals surface area (Å²) in [7, 11) is 2.09. The van der Waals surface area contributed by atoms with Gasteiger partial charge in [0.1, 0.15) is 16.6 Å². The number of nitriles is 1. The molecule has 1 aromatic heterocycles. The van der Waals surface area contributed by atoms with E-state index in [-0.39, 0.29) is 0 Å². The van der Waals surface area contributed by atoms with Crippen molar-refractivity contribution in [3.63, 3.8) is 0 Å². The molecular weight excluding hydrogens is 220 g/mol. The Morgan fingerprint density at radius 2 is 2.25 bits per heavy atom. The van der Waals surface area contributed by atoms with E-state index < -0.39 is 0 Å². The third kappa shape index (κ3) is 3.19. The molecule has 0 aliphatic heterocycles. The predicted molar refractivity (Wildman–Crippen MR) is 67.8 cm³/mol. The molecule has 4 nitrogen and oxygen atoms in total. The lowest BCUT2D eigenvalue weighted by Crippen LogP contribution is -2.31. The zero-order chi connectivity index (χ0) is 12.1. The van der Waals surface area contributed by atoms with Crippen LogP contribution >= 0.6 is 11.5 Å². The smallest absolute Gasteiger partial charge is 0.127 e. The van der Waals surface area contributed by atoms with Gasteiger partial charge in [0.25, 0.3) is 0 Å². The van der Waals surface area contributed by atoms with Crippen LogP contribution in [-0.2, 0) is 0 Å². The van der Waals surface area contributed by atoms with Crippen LogP contribution in [0.15, 0.2) is 0 Å². The number of nitrogens with zero attached hydrogens (tertiary/aromatic N) is 3. The molecule has 0 aliphatic carbocycles. The van der Waals surface area contributed by atoms with Crippen molar-refractivity contribution >= 4 is 16.5 Å². The summed E-state index contributed by atoms with van der Waals surface area (Å²) < 4.78 is 4.16. The number of hydrogen-bond acceptors (Lipinski definition) is 5. The summed E-state index contributed by atoms with van der Waals surface area (Å²) in [6.45, 7) is 7.99. The molecule has 0 saturated carbocycles. The van der Waals surface area contributed by atoms with Crippen LogP contribution in [0.2, 0.25) is 0 Å². The minimum Gasteiger partial charge on any atom is -0.373 e. The predicted octanol–water partition coefficient (Wildman–Crippen LogP) is 2.08. The molecule has 1 rings (SSSR count). The van der Waals surface area contributed by atoms with Gasteiger partial charge in [-0.15, -0.1) is 0 Å². The Bertz CT molecular complexity index is 378. The van der Waals surface area contributed by atoms with Crippen LogP contribution in [0.25, 0.3) is 0 Å². The second-order valence-electron chi connectivity index (χ2n) is 4.09. The Labute approximate surface area is 101 Å². The van der Waals surface area contributed by atoms with Crippen LogP contribution in [0.3, 0.4) is 0 Å². The molecular formula is C11H18N4S. The van der Waals surface area contributed by atoms with Gasteiger partial charge in [-0.25, -0.2) is 0 Å². The highest BCUT2D eigenvalue weighted by atomic mass is 32.1. The fraction of sp³-hybridized carbons (Fsp3) is 0.636. The third-order valence-electron chi connectivity index (χ3n) is 2.61. The molecule has 0 saturated heterocycles. The first kappa shape index (κ1) is 12.9. The van der Waals surface area contributed by atoms with E-state index in [9.17, 15) is 0 Å². The van der Waals surface area contributed by atoms with Gasteiger partial charge in [-0.1, -0.05) is 0 Å². The Morgan fingerprint density at radius 3 is 2.81 bits per heavy atom. The zero-order valence-electron chi connectivity index (χ0n) is 10.2. The highest BCUT2D eigenvalue weighted by molar-refractivity contribution is 7.10. The maximum absolute atomic E-state index is 8.95. The SMILES string of the molecule is Cc1nsc(NCCN(C)C(C)C)c1C#N. The summed E-state index contributed by atoms with van der Waals surface area (Å²) in [5.74, 6) is 0. The monoisotopic (exact) mass is 238 g/mol. The van der Waals surface area contributed by atoms with Crippen molar-refractivity contribution in [1.29, 1.82) is 5.26 Å². The van der Waals surface area contributed by atoms with Crippen LogP contribution in [0.4, 0.5) is 5.00 Å². The van der Waals surface area contributed by atoms with Crippen molar-refractivity contribution in [3.05, 3.63) is 11.3 Å². The number of aromatic nitrogens is 1. The molecule has 0 aromatic carbocycles. The minimum absolute atomic E-state index is 0.542. The molecule has 16 heavy (non-hydrogen) atoms. The number of hydrogen-bond donors (Lipinski definition) is 1. The average Bonchev–Trinajstić information content (AvgIpc) is 2.59. The second-order valence-corrected chi connectivity index (χ2v) is 4.86. The van der Waals surface area contributed by atoms with Crippen LogP contribution in [0.1, 0.15) is 25.1 Å². The molecule has 0 fully saturated rings. The number of nitrogens with one attached hydrogen (secondary N) is 1. The summed E-state index contributed by atoms with van der Waals surface area (Å²) in [5.41, 5.74) is 1.49. The number of anilines is 1. The highest BCUT2D eigenvalue weighted by Crippen LogP contribution is 2.22. The maximum atomic E-state index is 8.95. The topological polar surface area (TPSA) is 52.0 Å². The van der Waals surface area contributed by atoms with E-state index in [1.165, 1.54) is 11.5 Å². The van der Waals surface area contributed by atoms with Crippen LogP contribution in [0.5, 0.6) is 0 Å². The van der Waals surface area contributed by atoms with Gasteiger partial charge in [0.2, 0.25) is 0 Å². The molecule has 5 heteroatoms. The quantitative estimate of drug-likeness (QED) is 0.853. The lowest BCUT2D eigenvalue weighted by Gasteiger charge is -2.20. The van der Waals surface area contributed by atoms with Crippen molar-refractivity contribution in [2.45, 2.75) is 26.8 Å². The van der Waals surface area contributed by atoms with Crippen molar-refractivity contribution in [3.8, 4) is 6.07 Å². The molecule has 1 heterocycles. The highest BCUT2D eigenvalue weighted by Gasteiger charge is 2.09. The van der Waals surface area contributed by atoms with Gasteiger partial charge in [0, 0.05) is 19.1 Å². The van der Waals surface area contributed by atoms with E-state index in [0.29, 0.717) is 11.6 Å². The minimum atomic E-state index is 0.542. The van der Waals surface area contributed by atoms with Gasteiger partial charge in [-0.2, -0.15) is 9.64 Å². The van der Waals surface area contributed by atoms with E-state index in [0.717, 1.165) is 23.8 Å². The van der Waals surface area contributed by atoms with Gasteiger partial charge in [-0.05, 0) is 39.4 Å². The fourth-order valence-electron chi connectivity index (χ4n) is 1.23. The number of likely N-dealkylation sites (N-methyl/N-ethyl adjacent to an activating group) is 1. The standard InChI is InChI=1S/C11H18N4S/c1-8(2)15(4)6-5-13-11-10(7-12)9(3)14-16-11/h8,13H,5-6H2,1-4H3. The lowest BCUT2D eigenvalue weighted by atomic mass is 10.3. The second kappa shape index (κ2) is 5.83. The molecule has 88 valence electrons. The summed E-state index contributed by atoms with van der Waals surface area (Å²) in [6.07, 6.45) is 0. The molecule has 0 aliphatic rings. The van der Waals surface area contributed by atoms with E-state index in [1.807, 2.05) is 6.92 Å². The van der Waals surface area contributed by atoms with Gasteiger partial charge >= 0.3 is 0 Å². The van der Waals surface area contributed by atoms with Crippen molar-refractivity contribution in [2.24, 2.45) is 0 Å². The maximum Gasteiger partial charge on any atom is 0.127 e. The average molecular weight is 238 g/mol. The van der Waals surface area contributed by atoms with Crippen LogP contribution in [-0.4, -0.2) is 35.5 Å². The molecule has 0 unspecified atom stereocenters. The molecule has 1 N–H and O–H groups in total. The Balaban J connectivity index is 2.47. The third-order valence-corrected chi connectivity index (χ3v) is 3.50. The van der Waals surface area contributed by atoms with Gasteiger partial charge in [-0.3, -0.25) is 0 Å². The van der Waals surface area contributed by atoms with E-state index in [2.05, 4.69) is 41.6 Å². The first-order valence-corrected chi connectivity index (χ1v) is 6.14. The van der Waals surface area contributed by atoms with Crippen LogP contribution in [0, 0.1) is 18.3 Å². The van der Waals surface area contributed by atoms with Gasteiger partial charge < -0.3 is 10.2 Å². The lowest BCUT2D eigenvalue weighted by molar-refractivity contribution is 0.284.